The number of rotatable bonds is 9. The molecule has 0 unspecified atom stereocenters. The van der Waals surface area contributed by atoms with Crippen molar-refractivity contribution >= 4 is 33.2 Å². The summed E-state index contributed by atoms with van der Waals surface area (Å²) in [6.45, 7) is 7.51. The normalized spacial score (nSPS) is 13.5. The smallest absolute Gasteiger partial charge is 0.244 e. The molecule has 0 saturated heterocycles. The Morgan fingerprint density at radius 1 is 1.13 bits per heavy atom. The summed E-state index contributed by atoms with van der Waals surface area (Å²) in [5.74, 6) is 0.668. The molecule has 0 saturated carbocycles. The Kier molecular flexibility index (Phi) is 8.37. The average molecular weight is 467 g/mol. The van der Waals surface area contributed by atoms with E-state index in [2.05, 4.69) is 19.2 Å². The van der Waals surface area contributed by atoms with Gasteiger partial charge < -0.3 is 10.1 Å². The molecule has 2 rings (SSSR count). The number of amides is 1. The van der Waals surface area contributed by atoms with Gasteiger partial charge in [0.25, 0.3) is 0 Å². The van der Waals surface area contributed by atoms with Gasteiger partial charge in [0.2, 0.25) is 15.9 Å². The molecule has 0 aliphatic carbocycles. The van der Waals surface area contributed by atoms with Crippen LogP contribution in [0.1, 0.15) is 44.4 Å². The van der Waals surface area contributed by atoms with E-state index in [4.69, 9.17) is 16.3 Å². The van der Waals surface area contributed by atoms with Crippen molar-refractivity contribution in [2.24, 2.45) is 5.92 Å². The maximum atomic E-state index is 13.2. The molecule has 170 valence electrons. The van der Waals surface area contributed by atoms with Crippen LogP contribution in [0.25, 0.3) is 0 Å². The average Bonchev–Trinajstić information content (AvgIpc) is 2.68. The number of carbonyl (C=O) groups is 1. The van der Waals surface area contributed by atoms with E-state index in [1.807, 2.05) is 24.3 Å². The highest BCUT2D eigenvalue weighted by Gasteiger charge is 2.31. The molecule has 2 aromatic rings. The first-order valence-electron chi connectivity index (χ1n) is 10.1. The highest BCUT2D eigenvalue weighted by Crippen LogP contribution is 2.29. The van der Waals surface area contributed by atoms with Gasteiger partial charge in [-0.1, -0.05) is 43.6 Å². The second kappa shape index (κ2) is 10.4. The predicted molar refractivity (Wildman–Crippen MR) is 126 cm³/mol. The molecule has 2 aromatic carbocycles. The van der Waals surface area contributed by atoms with E-state index < -0.39 is 16.1 Å². The molecule has 2 atom stereocenters. The lowest BCUT2D eigenvalue weighted by molar-refractivity contribution is -0.122. The third-order valence-corrected chi connectivity index (χ3v) is 6.50. The molecule has 6 nitrogen and oxygen atoms in total. The molecule has 0 radical (unpaired) electrons. The molecule has 1 amide bonds. The molecule has 0 aliphatic rings. The monoisotopic (exact) mass is 466 g/mol. The van der Waals surface area contributed by atoms with E-state index >= 15 is 0 Å². The minimum Gasteiger partial charge on any atom is -0.497 e. The molecular formula is C23H31ClN2O4S. The van der Waals surface area contributed by atoms with Gasteiger partial charge in [-0.05, 0) is 61.6 Å². The number of anilines is 1. The van der Waals surface area contributed by atoms with Crippen LogP contribution >= 0.6 is 11.6 Å². The minimum atomic E-state index is -3.74. The highest BCUT2D eigenvalue weighted by atomic mass is 35.5. The van der Waals surface area contributed by atoms with Gasteiger partial charge in [-0.2, -0.15) is 0 Å². The molecular weight excluding hydrogens is 436 g/mol. The van der Waals surface area contributed by atoms with Crippen LogP contribution in [0.3, 0.4) is 0 Å². The maximum absolute atomic E-state index is 13.2. The van der Waals surface area contributed by atoms with E-state index in [1.165, 1.54) is 0 Å². The Morgan fingerprint density at radius 3 is 2.26 bits per heavy atom. The summed E-state index contributed by atoms with van der Waals surface area (Å²) in [4.78, 5) is 13.2. The Hall–Kier alpha value is -2.25. The summed E-state index contributed by atoms with van der Waals surface area (Å²) in [7, 11) is -2.14. The van der Waals surface area contributed by atoms with Gasteiger partial charge in [0, 0.05) is 5.02 Å². The number of hydrogen-bond acceptors (Lipinski definition) is 4. The van der Waals surface area contributed by atoms with E-state index in [9.17, 15) is 13.2 Å². The lowest BCUT2D eigenvalue weighted by atomic mass is 9.96. The molecule has 0 aliphatic heterocycles. The third kappa shape index (κ3) is 6.61. The van der Waals surface area contributed by atoms with Crippen LogP contribution in [0.4, 0.5) is 5.69 Å². The fraction of sp³-hybridized carbons (Fsp3) is 0.435. The van der Waals surface area contributed by atoms with Gasteiger partial charge in [-0.15, -0.1) is 0 Å². The lowest BCUT2D eigenvalue weighted by Crippen LogP contribution is -2.49. The van der Waals surface area contributed by atoms with Crippen molar-refractivity contribution in [3.05, 3.63) is 58.6 Å². The summed E-state index contributed by atoms with van der Waals surface area (Å²) < 4.78 is 31.6. The Bertz CT molecular complexity index is 1010. The van der Waals surface area contributed by atoms with Crippen molar-refractivity contribution in [1.82, 2.24) is 5.32 Å². The van der Waals surface area contributed by atoms with Crippen LogP contribution < -0.4 is 14.4 Å². The molecule has 0 fully saturated rings. The summed E-state index contributed by atoms with van der Waals surface area (Å²) in [5, 5.41) is 3.44. The van der Waals surface area contributed by atoms with Crippen LogP contribution in [0.2, 0.25) is 5.02 Å². The largest absolute Gasteiger partial charge is 0.497 e. The van der Waals surface area contributed by atoms with Crippen molar-refractivity contribution in [2.45, 2.75) is 46.2 Å². The number of aryl methyl sites for hydroxylation is 1. The Morgan fingerprint density at radius 2 is 1.74 bits per heavy atom. The van der Waals surface area contributed by atoms with Crippen LogP contribution in [0, 0.1) is 12.8 Å². The molecule has 1 N–H and O–H groups in total. The van der Waals surface area contributed by atoms with Gasteiger partial charge in [-0.3, -0.25) is 9.10 Å². The lowest BCUT2D eigenvalue weighted by Gasteiger charge is -2.31. The summed E-state index contributed by atoms with van der Waals surface area (Å²) in [6.07, 6.45) is 1.80. The molecule has 0 aromatic heterocycles. The van der Waals surface area contributed by atoms with Crippen molar-refractivity contribution in [1.29, 1.82) is 0 Å². The van der Waals surface area contributed by atoms with Gasteiger partial charge in [0.05, 0.1) is 25.1 Å². The number of methoxy groups -OCH3 is 1. The van der Waals surface area contributed by atoms with Crippen molar-refractivity contribution in [3.63, 3.8) is 0 Å². The quantitative estimate of drug-likeness (QED) is 0.580. The van der Waals surface area contributed by atoms with Crippen LogP contribution in [-0.2, 0) is 14.8 Å². The fourth-order valence-electron chi connectivity index (χ4n) is 3.48. The van der Waals surface area contributed by atoms with Crippen LogP contribution in [-0.4, -0.2) is 33.7 Å². The van der Waals surface area contributed by atoms with E-state index in [-0.39, 0.29) is 11.9 Å². The van der Waals surface area contributed by atoms with Gasteiger partial charge in [0.1, 0.15) is 11.8 Å². The SMILES string of the molecule is COc1ccc([C@@H](CC(C)C)NC(=O)[C@H](C)N(c2cc(Cl)ccc2C)S(C)(=O)=O)cc1. The molecule has 31 heavy (non-hydrogen) atoms. The number of sulfonamides is 1. The van der Waals surface area contributed by atoms with Gasteiger partial charge in [0.15, 0.2) is 0 Å². The first-order chi connectivity index (χ1) is 14.4. The molecule has 8 heteroatoms. The standard InChI is InChI=1S/C23H31ClN2O4S/c1-15(2)13-21(18-8-11-20(30-5)12-9-18)25-23(27)17(4)26(31(6,28)29)22-14-19(24)10-7-16(22)3/h7-12,14-15,17,21H,13H2,1-6H3,(H,25,27)/t17-,21+/m0/s1. The molecule has 0 bridgehead atoms. The molecule has 0 spiro atoms. The number of halogens is 1. The van der Waals surface area contributed by atoms with Crippen molar-refractivity contribution < 1.29 is 17.9 Å². The summed E-state index contributed by atoms with van der Waals surface area (Å²) in [5.41, 5.74) is 2.03. The Labute approximate surface area is 190 Å². The zero-order chi connectivity index (χ0) is 23.3. The summed E-state index contributed by atoms with van der Waals surface area (Å²) >= 11 is 6.11. The number of benzene rings is 2. The van der Waals surface area contributed by atoms with Crippen LogP contribution in [0.15, 0.2) is 42.5 Å². The number of ether oxygens (including phenoxy) is 1. The number of carbonyl (C=O) groups excluding carboxylic acids is 1. The van der Waals surface area contributed by atoms with Crippen LogP contribution in [0.5, 0.6) is 5.75 Å². The second-order valence-electron chi connectivity index (χ2n) is 8.13. The number of hydrogen-bond donors (Lipinski definition) is 1. The molecule has 0 heterocycles. The summed E-state index contributed by atoms with van der Waals surface area (Å²) in [6, 6.07) is 11.3. The van der Waals surface area contributed by atoms with E-state index in [0.717, 1.165) is 21.9 Å². The van der Waals surface area contributed by atoms with Crippen molar-refractivity contribution in [3.8, 4) is 5.75 Å². The minimum absolute atomic E-state index is 0.261. The van der Waals surface area contributed by atoms with E-state index in [0.29, 0.717) is 28.6 Å². The first-order valence-corrected chi connectivity index (χ1v) is 12.4. The second-order valence-corrected chi connectivity index (χ2v) is 10.4. The zero-order valence-corrected chi connectivity index (χ0v) is 20.4. The Balaban J connectivity index is 2.36. The number of nitrogens with one attached hydrogen (secondary N) is 1. The third-order valence-electron chi connectivity index (χ3n) is 5.04. The van der Waals surface area contributed by atoms with Crippen molar-refractivity contribution in [2.75, 3.05) is 17.7 Å². The first kappa shape index (κ1) is 25.0. The topological polar surface area (TPSA) is 75.7 Å². The zero-order valence-electron chi connectivity index (χ0n) is 18.8. The number of nitrogens with zero attached hydrogens (tertiary/aromatic N) is 1. The van der Waals surface area contributed by atoms with Gasteiger partial charge >= 0.3 is 0 Å². The predicted octanol–water partition coefficient (Wildman–Crippen LogP) is 4.72. The maximum Gasteiger partial charge on any atom is 0.244 e. The fourth-order valence-corrected chi connectivity index (χ4v) is 4.87. The van der Waals surface area contributed by atoms with E-state index in [1.54, 1.807) is 39.2 Å². The highest BCUT2D eigenvalue weighted by molar-refractivity contribution is 7.92. The van der Waals surface area contributed by atoms with Gasteiger partial charge in [-0.25, -0.2) is 8.42 Å².